The lowest BCUT2D eigenvalue weighted by Gasteiger charge is -2.40. The van der Waals surface area contributed by atoms with Crippen LogP contribution in [0.3, 0.4) is 0 Å². The molecule has 2 unspecified atom stereocenters. The molecule has 0 radical (unpaired) electrons. The fourth-order valence-electron chi connectivity index (χ4n) is 4.44. The largest absolute Gasteiger partial charge is 0.373 e. The summed E-state index contributed by atoms with van der Waals surface area (Å²) in [5.41, 5.74) is 0. The number of urea groups is 1. The summed E-state index contributed by atoms with van der Waals surface area (Å²) in [5.74, 6) is -0.365. The Bertz CT molecular complexity index is 694. The Hall–Kier alpha value is -1.27. The van der Waals surface area contributed by atoms with Crippen molar-refractivity contribution in [2.45, 2.75) is 64.2 Å². The quantitative estimate of drug-likeness (QED) is 0.622. The van der Waals surface area contributed by atoms with Gasteiger partial charge in [-0.05, 0) is 26.7 Å². The summed E-state index contributed by atoms with van der Waals surface area (Å²) in [6, 6.07) is -0.297. The lowest BCUT2D eigenvalue weighted by atomic mass is 9.96. The minimum Gasteiger partial charge on any atom is -0.373 e. The van der Waals surface area contributed by atoms with Gasteiger partial charge in [0.25, 0.3) is 10.2 Å². The highest BCUT2D eigenvalue weighted by Crippen LogP contribution is 2.19. The number of amides is 3. The average molecular weight is 446 g/mol. The van der Waals surface area contributed by atoms with E-state index in [0.29, 0.717) is 39.3 Å². The molecule has 2 heterocycles. The number of ether oxygens (including phenoxy) is 1. The molecule has 2 aliphatic heterocycles. The number of piperazine rings is 1. The van der Waals surface area contributed by atoms with Gasteiger partial charge in [-0.15, -0.1) is 0 Å². The number of nitrogens with one attached hydrogen (secondary N) is 2. The fraction of sp³-hybridized carbons (Fsp3) is 0.895. The molecule has 2 atom stereocenters. The maximum atomic E-state index is 12.9. The second-order valence-electron chi connectivity index (χ2n) is 8.61. The van der Waals surface area contributed by atoms with E-state index < -0.39 is 16.2 Å². The van der Waals surface area contributed by atoms with Crippen LogP contribution in [-0.2, 0) is 19.7 Å². The zero-order valence-electron chi connectivity index (χ0n) is 18.0. The van der Waals surface area contributed by atoms with Crippen molar-refractivity contribution in [2.24, 2.45) is 0 Å². The van der Waals surface area contributed by atoms with E-state index in [2.05, 4.69) is 10.6 Å². The third-order valence-corrected chi connectivity index (χ3v) is 7.90. The minimum atomic E-state index is -3.54. The second kappa shape index (κ2) is 10.4. The number of hydrogen-bond acceptors (Lipinski definition) is 6. The first-order valence-corrected chi connectivity index (χ1v) is 12.4. The Kier molecular flexibility index (Phi) is 8.08. The van der Waals surface area contributed by atoms with Crippen molar-refractivity contribution >= 4 is 22.1 Å². The Morgan fingerprint density at radius 1 is 0.933 bits per heavy atom. The van der Waals surface area contributed by atoms with Crippen LogP contribution in [0.4, 0.5) is 4.79 Å². The molecule has 2 saturated heterocycles. The van der Waals surface area contributed by atoms with Crippen LogP contribution in [0.15, 0.2) is 0 Å². The molecule has 172 valence electrons. The molecule has 3 aliphatic rings. The molecule has 10 nitrogen and oxygen atoms in total. The molecule has 1 saturated carbocycles. The Morgan fingerprint density at radius 2 is 1.53 bits per heavy atom. The zero-order valence-corrected chi connectivity index (χ0v) is 18.8. The van der Waals surface area contributed by atoms with Gasteiger partial charge in [-0.1, -0.05) is 19.3 Å². The molecule has 0 aromatic carbocycles. The van der Waals surface area contributed by atoms with Crippen LogP contribution in [0.25, 0.3) is 0 Å². The van der Waals surface area contributed by atoms with Gasteiger partial charge in [0, 0.05) is 45.3 Å². The number of hydrogen-bond donors (Lipinski definition) is 2. The van der Waals surface area contributed by atoms with Crippen molar-refractivity contribution in [1.82, 2.24) is 24.1 Å². The van der Waals surface area contributed by atoms with Crippen LogP contribution in [0.1, 0.15) is 46.0 Å². The summed E-state index contributed by atoms with van der Waals surface area (Å²) in [4.78, 5) is 26.1. The first-order chi connectivity index (χ1) is 14.2. The SMILES string of the molecule is CC1CN(S(=O)(=O)N2CCN(CC(=O)NC(=O)NC3CCCCC3)CC2)CC(C)O1. The number of carbonyl (C=O) groups excluding carboxylic acids is 2. The number of nitrogens with zero attached hydrogens (tertiary/aromatic N) is 3. The highest BCUT2D eigenvalue weighted by Gasteiger charge is 2.36. The molecule has 1 aliphatic carbocycles. The number of carbonyl (C=O) groups is 2. The summed E-state index contributed by atoms with van der Waals surface area (Å²) in [5, 5.41) is 5.26. The van der Waals surface area contributed by atoms with Gasteiger partial charge in [-0.25, -0.2) is 4.79 Å². The predicted molar refractivity (Wildman–Crippen MR) is 112 cm³/mol. The topological polar surface area (TPSA) is 111 Å². The van der Waals surface area contributed by atoms with E-state index in [9.17, 15) is 18.0 Å². The van der Waals surface area contributed by atoms with Gasteiger partial charge in [0.05, 0.1) is 18.8 Å². The first kappa shape index (κ1) is 23.4. The van der Waals surface area contributed by atoms with Crippen molar-refractivity contribution in [3.05, 3.63) is 0 Å². The van der Waals surface area contributed by atoms with Crippen molar-refractivity contribution in [3.63, 3.8) is 0 Å². The van der Waals surface area contributed by atoms with Gasteiger partial charge >= 0.3 is 6.03 Å². The molecule has 0 spiro atoms. The number of morpholine rings is 1. The highest BCUT2D eigenvalue weighted by atomic mass is 32.2. The highest BCUT2D eigenvalue weighted by molar-refractivity contribution is 7.86. The van der Waals surface area contributed by atoms with Crippen LogP contribution in [0.5, 0.6) is 0 Å². The second-order valence-corrected chi connectivity index (χ2v) is 10.5. The van der Waals surface area contributed by atoms with Gasteiger partial charge in [0.15, 0.2) is 0 Å². The van der Waals surface area contributed by atoms with Crippen LogP contribution in [0, 0.1) is 0 Å². The van der Waals surface area contributed by atoms with E-state index in [4.69, 9.17) is 4.74 Å². The van der Waals surface area contributed by atoms with Gasteiger partial charge in [-0.3, -0.25) is 15.0 Å². The van der Waals surface area contributed by atoms with Crippen molar-refractivity contribution in [2.75, 3.05) is 45.8 Å². The van der Waals surface area contributed by atoms with Crippen molar-refractivity contribution in [1.29, 1.82) is 0 Å². The molecule has 0 aromatic rings. The molecule has 3 amide bonds. The summed E-state index contributed by atoms with van der Waals surface area (Å²) < 4.78 is 34.5. The molecule has 0 aromatic heterocycles. The third kappa shape index (κ3) is 6.36. The Balaban J connectivity index is 1.41. The molecule has 11 heteroatoms. The summed E-state index contributed by atoms with van der Waals surface area (Å²) in [7, 11) is -3.54. The molecule has 30 heavy (non-hydrogen) atoms. The minimum absolute atomic E-state index is 0.0809. The fourth-order valence-corrected chi connectivity index (χ4v) is 6.19. The summed E-state index contributed by atoms with van der Waals surface area (Å²) in [6.45, 7) is 6.08. The number of rotatable bonds is 5. The molecule has 3 rings (SSSR count). The maximum Gasteiger partial charge on any atom is 0.321 e. The van der Waals surface area contributed by atoms with E-state index in [-0.39, 0.29) is 30.7 Å². The average Bonchev–Trinajstić information content (AvgIpc) is 2.68. The predicted octanol–water partition coefficient (Wildman–Crippen LogP) is 0.117. The monoisotopic (exact) mass is 445 g/mol. The van der Waals surface area contributed by atoms with E-state index in [1.54, 1.807) is 0 Å². The molecule has 2 N–H and O–H groups in total. The van der Waals surface area contributed by atoms with Crippen LogP contribution in [-0.4, -0.2) is 97.9 Å². The number of imide groups is 1. The van der Waals surface area contributed by atoms with E-state index in [0.717, 1.165) is 25.7 Å². The molecule has 0 bridgehead atoms. The third-order valence-electron chi connectivity index (χ3n) is 5.93. The molecular weight excluding hydrogens is 410 g/mol. The summed E-state index contributed by atoms with van der Waals surface area (Å²) in [6.07, 6.45) is 5.06. The van der Waals surface area contributed by atoms with E-state index >= 15 is 0 Å². The molecule has 3 fully saturated rings. The molecular formula is C19H35N5O5S. The lowest BCUT2D eigenvalue weighted by Crippen LogP contribution is -2.58. The van der Waals surface area contributed by atoms with Gasteiger partial charge in [0.2, 0.25) is 5.91 Å². The van der Waals surface area contributed by atoms with Crippen LogP contribution >= 0.6 is 0 Å². The van der Waals surface area contributed by atoms with Crippen molar-refractivity contribution in [3.8, 4) is 0 Å². The Morgan fingerprint density at radius 3 is 2.13 bits per heavy atom. The standard InChI is InChI=1S/C19H35N5O5S/c1-15-12-24(13-16(2)29-15)30(27,28)23-10-8-22(9-11-23)14-18(25)21-19(26)20-17-6-4-3-5-7-17/h15-17H,3-14H2,1-2H3,(H2,20,21,25,26). The van der Waals surface area contributed by atoms with Gasteiger partial charge in [-0.2, -0.15) is 17.0 Å². The van der Waals surface area contributed by atoms with Crippen molar-refractivity contribution < 1.29 is 22.7 Å². The van der Waals surface area contributed by atoms with Gasteiger partial charge < -0.3 is 10.1 Å². The van der Waals surface area contributed by atoms with E-state index in [1.807, 2.05) is 18.7 Å². The van der Waals surface area contributed by atoms with Gasteiger partial charge in [0.1, 0.15) is 0 Å². The van der Waals surface area contributed by atoms with Crippen LogP contribution < -0.4 is 10.6 Å². The van der Waals surface area contributed by atoms with Crippen LogP contribution in [0.2, 0.25) is 0 Å². The summed E-state index contributed by atoms with van der Waals surface area (Å²) >= 11 is 0. The van der Waals surface area contributed by atoms with E-state index in [1.165, 1.54) is 15.0 Å². The normalized spacial score (nSPS) is 28.2. The zero-order chi connectivity index (χ0) is 21.7. The first-order valence-electron chi connectivity index (χ1n) is 11.0. The smallest absolute Gasteiger partial charge is 0.321 e. The Labute approximate surface area is 179 Å². The maximum absolute atomic E-state index is 12.9. The lowest BCUT2D eigenvalue weighted by molar-refractivity contribution is -0.121.